The average molecular weight is 377 g/mol. The van der Waals surface area contributed by atoms with E-state index in [1.54, 1.807) is 32.9 Å². The van der Waals surface area contributed by atoms with Gasteiger partial charge in [-0.1, -0.05) is 36.4 Å². The maximum Gasteiger partial charge on any atom is 0.407 e. The summed E-state index contributed by atoms with van der Waals surface area (Å²) in [6.07, 6.45) is 0.518. The molecule has 1 aromatic carbocycles. The van der Waals surface area contributed by atoms with Crippen LogP contribution < -0.4 is 5.32 Å². The number of carboxylic acid groups (broad SMARTS) is 1. The molecule has 0 saturated heterocycles. The molecule has 1 rings (SSSR count). The Morgan fingerprint density at radius 2 is 1.85 bits per heavy atom. The smallest absolute Gasteiger partial charge is 0.407 e. The number of benzene rings is 1. The van der Waals surface area contributed by atoms with Crippen LogP contribution in [0.5, 0.6) is 0 Å². The molecule has 7 nitrogen and oxygen atoms in total. The minimum atomic E-state index is -1.21. The van der Waals surface area contributed by atoms with Gasteiger partial charge in [0, 0.05) is 6.04 Å². The second kappa shape index (κ2) is 10.4. The number of alkyl carbamates (subject to hydrolysis) is 1. The van der Waals surface area contributed by atoms with Crippen LogP contribution in [0.2, 0.25) is 0 Å². The van der Waals surface area contributed by atoms with Crippen LogP contribution in [-0.4, -0.2) is 34.8 Å². The Morgan fingerprint density at radius 1 is 1.22 bits per heavy atom. The number of amides is 1. The number of carbonyl (C=O) groups is 3. The number of ether oxygens (including phenoxy) is 2. The third-order valence-corrected chi connectivity index (χ3v) is 3.55. The number of nitrogens with one attached hydrogen (secondary N) is 1. The highest BCUT2D eigenvalue weighted by Gasteiger charge is 2.32. The highest BCUT2D eigenvalue weighted by molar-refractivity contribution is 5.80. The fourth-order valence-corrected chi connectivity index (χ4v) is 2.34. The van der Waals surface area contributed by atoms with E-state index >= 15 is 0 Å². The zero-order valence-electron chi connectivity index (χ0n) is 15.9. The molecule has 7 heteroatoms. The molecule has 0 aliphatic heterocycles. The van der Waals surface area contributed by atoms with Gasteiger partial charge in [-0.05, 0) is 32.8 Å². The number of hydrogen-bond donors (Lipinski definition) is 2. The molecule has 1 aromatic rings. The number of carbonyl (C=O) groups excluding carboxylic acids is 2. The maximum atomic E-state index is 12.1. The SMILES string of the molecule is C=CCC(NC(=O)OC(C)(C)C)C(CC(=O)OCc1ccccc1)C(=O)O. The van der Waals surface area contributed by atoms with Gasteiger partial charge in [0.05, 0.1) is 12.3 Å². The molecule has 0 aliphatic rings. The van der Waals surface area contributed by atoms with Gasteiger partial charge < -0.3 is 19.9 Å². The molecule has 0 heterocycles. The molecule has 27 heavy (non-hydrogen) atoms. The van der Waals surface area contributed by atoms with Gasteiger partial charge in [-0.3, -0.25) is 9.59 Å². The Balaban J connectivity index is 2.73. The summed E-state index contributed by atoms with van der Waals surface area (Å²) in [5.41, 5.74) is 0.0723. The van der Waals surface area contributed by atoms with Gasteiger partial charge >= 0.3 is 18.0 Å². The molecule has 0 aliphatic carbocycles. The van der Waals surface area contributed by atoms with Crippen molar-refractivity contribution in [2.24, 2.45) is 5.92 Å². The summed E-state index contributed by atoms with van der Waals surface area (Å²) in [5, 5.41) is 12.0. The monoisotopic (exact) mass is 377 g/mol. The van der Waals surface area contributed by atoms with Crippen LogP contribution in [0.1, 0.15) is 39.2 Å². The van der Waals surface area contributed by atoms with Crippen molar-refractivity contribution in [3.05, 3.63) is 48.6 Å². The van der Waals surface area contributed by atoms with Crippen molar-refractivity contribution in [3.8, 4) is 0 Å². The van der Waals surface area contributed by atoms with Gasteiger partial charge in [0.1, 0.15) is 12.2 Å². The molecule has 148 valence electrons. The lowest BCUT2D eigenvalue weighted by Crippen LogP contribution is -2.46. The van der Waals surface area contributed by atoms with Crippen LogP contribution in [0.15, 0.2) is 43.0 Å². The van der Waals surface area contributed by atoms with E-state index in [0.29, 0.717) is 0 Å². The standard InChI is InChI=1S/C20H27NO6/c1-5-9-16(21-19(25)27-20(2,3)4)15(18(23)24)12-17(22)26-13-14-10-7-6-8-11-14/h5-8,10-11,15-16H,1,9,12-13H2,2-4H3,(H,21,25)(H,23,24). The lowest BCUT2D eigenvalue weighted by Gasteiger charge is -2.26. The van der Waals surface area contributed by atoms with Crippen LogP contribution in [0.3, 0.4) is 0 Å². The summed E-state index contributed by atoms with van der Waals surface area (Å²) >= 11 is 0. The largest absolute Gasteiger partial charge is 0.481 e. The van der Waals surface area contributed by atoms with Crippen LogP contribution in [0, 0.1) is 5.92 Å². The Kier molecular flexibility index (Phi) is 8.51. The van der Waals surface area contributed by atoms with Crippen molar-refractivity contribution in [2.45, 2.75) is 51.9 Å². The molecule has 0 bridgehead atoms. The second-order valence-electron chi connectivity index (χ2n) is 7.07. The highest BCUT2D eigenvalue weighted by atomic mass is 16.6. The minimum absolute atomic E-state index is 0.0532. The number of hydrogen-bond acceptors (Lipinski definition) is 5. The molecule has 0 spiro atoms. The lowest BCUT2D eigenvalue weighted by atomic mass is 9.93. The normalized spacial score (nSPS) is 13.1. The first-order valence-corrected chi connectivity index (χ1v) is 8.65. The van der Waals surface area contributed by atoms with E-state index in [1.807, 2.05) is 18.2 Å². The molecule has 0 fully saturated rings. The van der Waals surface area contributed by atoms with Gasteiger partial charge in [0.25, 0.3) is 0 Å². The highest BCUT2D eigenvalue weighted by Crippen LogP contribution is 2.17. The van der Waals surface area contributed by atoms with Crippen LogP contribution >= 0.6 is 0 Å². The first-order chi connectivity index (χ1) is 12.6. The lowest BCUT2D eigenvalue weighted by molar-refractivity contribution is -0.153. The fourth-order valence-electron chi connectivity index (χ4n) is 2.34. The van der Waals surface area contributed by atoms with E-state index < -0.39 is 35.6 Å². The molecule has 2 unspecified atom stereocenters. The third kappa shape index (κ3) is 8.89. The van der Waals surface area contributed by atoms with Crippen molar-refractivity contribution < 1.29 is 29.0 Å². The average Bonchev–Trinajstić information content (AvgIpc) is 2.56. The summed E-state index contributed by atoms with van der Waals surface area (Å²) in [6, 6.07) is 8.22. The summed E-state index contributed by atoms with van der Waals surface area (Å²) in [4.78, 5) is 35.7. The van der Waals surface area contributed by atoms with Gasteiger partial charge in [0.2, 0.25) is 0 Å². The molecule has 2 N–H and O–H groups in total. The first kappa shape index (κ1) is 22.2. The predicted octanol–water partition coefficient (Wildman–Crippen LogP) is 3.29. The quantitative estimate of drug-likeness (QED) is 0.506. The van der Waals surface area contributed by atoms with E-state index in [-0.39, 0.29) is 19.4 Å². The van der Waals surface area contributed by atoms with Crippen molar-refractivity contribution >= 4 is 18.0 Å². The third-order valence-electron chi connectivity index (χ3n) is 3.55. The molecule has 1 amide bonds. The van der Waals surface area contributed by atoms with Gasteiger partial charge in [-0.2, -0.15) is 0 Å². The Bertz CT molecular complexity index is 650. The molecular weight excluding hydrogens is 350 g/mol. The zero-order valence-corrected chi connectivity index (χ0v) is 15.9. The van der Waals surface area contributed by atoms with E-state index in [1.165, 1.54) is 6.08 Å². The van der Waals surface area contributed by atoms with Crippen LogP contribution in [0.4, 0.5) is 4.79 Å². The minimum Gasteiger partial charge on any atom is -0.481 e. The van der Waals surface area contributed by atoms with Crippen LogP contribution in [-0.2, 0) is 25.7 Å². The predicted molar refractivity (Wildman–Crippen MR) is 100.0 cm³/mol. The summed E-state index contributed by atoms with van der Waals surface area (Å²) in [5.74, 6) is -3.04. The Morgan fingerprint density at radius 3 is 2.37 bits per heavy atom. The first-order valence-electron chi connectivity index (χ1n) is 8.65. The molecule has 0 radical (unpaired) electrons. The summed E-state index contributed by atoms with van der Waals surface area (Å²) in [7, 11) is 0. The van der Waals surface area contributed by atoms with E-state index in [2.05, 4.69) is 11.9 Å². The topological polar surface area (TPSA) is 102 Å². The van der Waals surface area contributed by atoms with Gasteiger partial charge in [-0.25, -0.2) is 4.79 Å². The van der Waals surface area contributed by atoms with Crippen LogP contribution in [0.25, 0.3) is 0 Å². The molecule has 2 atom stereocenters. The summed E-state index contributed by atoms with van der Waals surface area (Å²) < 4.78 is 10.3. The molecule has 0 saturated carbocycles. The second-order valence-corrected chi connectivity index (χ2v) is 7.07. The van der Waals surface area contributed by atoms with Gasteiger partial charge in [0.15, 0.2) is 0 Å². The van der Waals surface area contributed by atoms with Gasteiger partial charge in [-0.15, -0.1) is 6.58 Å². The Hall–Kier alpha value is -2.83. The fraction of sp³-hybridized carbons (Fsp3) is 0.450. The maximum absolute atomic E-state index is 12.1. The van der Waals surface area contributed by atoms with E-state index in [4.69, 9.17) is 9.47 Å². The number of rotatable bonds is 9. The van der Waals surface area contributed by atoms with Crippen molar-refractivity contribution in [2.75, 3.05) is 0 Å². The Labute approximate surface area is 159 Å². The van der Waals surface area contributed by atoms with E-state index in [9.17, 15) is 19.5 Å². The zero-order chi connectivity index (χ0) is 20.4. The number of esters is 1. The van der Waals surface area contributed by atoms with Crippen molar-refractivity contribution in [1.29, 1.82) is 0 Å². The summed E-state index contributed by atoms with van der Waals surface area (Å²) in [6.45, 7) is 8.73. The number of aliphatic carboxylic acids is 1. The molecule has 0 aromatic heterocycles. The van der Waals surface area contributed by atoms with Crippen molar-refractivity contribution in [1.82, 2.24) is 5.32 Å². The van der Waals surface area contributed by atoms with Crippen molar-refractivity contribution in [3.63, 3.8) is 0 Å². The molecular formula is C20H27NO6. The van der Waals surface area contributed by atoms with E-state index in [0.717, 1.165) is 5.56 Å². The number of carboxylic acids is 1.